The second-order valence-electron chi connectivity index (χ2n) is 4.70. The molecule has 198 valence electrons. The highest BCUT2D eigenvalue weighted by atomic mass is 32.2. The largest absolute Gasteiger partial charge is 0.760 e. The van der Waals surface area contributed by atoms with Gasteiger partial charge in [0, 0.05) is 17.5 Å². The fourth-order valence-electron chi connectivity index (χ4n) is 1.25. The monoisotopic (exact) mass is 524 g/mol. The summed E-state index contributed by atoms with van der Waals surface area (Å²) in [5.74, 6) is -0.826. The number of aromatic nitrogens is 3. The Balaban J connectivity index is -0.000000250. The van der Waals surface area contributed by atoms with Crippen LogP contribution >= 0.6 is 11.3 Å². The van der Waals surface area contributed by atoms with E-state index in [-0.39, 0.29) is 12.4 Å². The van der Waals surface area contributed by atoms with Gasteiger partial charge in [-0.15, -0.1) is 21.5 Å². The average molecular weight is 525 g/mol. The van der Waals surface area contributed by atoms with Gasteiger partial charge in [-0.05, 0) is 34.5 Å². The maximum absolute atomic E-state index is 12.3. The normalized spacial score (nSPS) is 10.4. The minimum atomic E-state index is -2.83. The van der Waals surface area contributed by atoms with Crippen LogP contribution in [0.2, 0.25) is 0 Å². The van der Waals surface area contributed by atoms with Crippen LogP contribution in [0.25, 0.3) is 10.8 Å². The zero-order valence-corrected chi connectivity index (χ0v) is 23.5. The van der Waals surface area contributed by atoms with Gasteiger partial charge in [-0.1, -0.05) is 59.8 Å². The number of thiazole rings is 1. The number of hydrogen-bond donors (Lipinski definition) is 0. The van der Waals surface area contributed by atoms with Crippen molar-refractivity contribution >= 4 is 29.3 Å². The van der Waals surface area contributed by atoms with E-state index in [0.29, 0.717) is 9.88 Å². The lowest BCUT2D eigenvalue weighted by Crippen LogP contribution is -2.19. The third-order valence-corrected chi connectivity index (χ3v) is 4.20. The van der Waals surface area contributed by atoms with E-state index in [1.165, 1.54) is 13.2 Å². The Labute approximate surface area is 210 Å². The SMILES string of the molecule is C/C=C\C.C=N/C=C\C.CC.CC.CC.CN(Cc1ncc(-c2nnc(C(F)F)o2)s1)S(=O)[O-]. The molecule has 0 saturated carbocycles. The number of rotatable bonds is 6. The van der Waals surface area contributed by atoms with Crippen molar-refractivity contribution < 1.29 is 22.0 Å². The van der Waals surface area contributed by atoms with Crippen LogP contribution in [0.1, 0.15) is 79.6 Å². The molecule has 0 spiro atoms. The van der Waals surface area contributed by atoms with Gasteiger partial charge in [0.1, 0.15) is 9.88 Å². The van der Waals surface area contributed by atoms with Gasteiger partial charge in [0.05, 0.1) is 12.7 Å². The maximum Gasteiger partial charge on any atom is 0.314 e. The van der Waals surface area contributed by atoms with Crippen LogP contribution in [0.5, 0.6) is 0 Å². The van der Waals surface area contributed by atoms with Crippen molar-refractivity contribution in [1.29, 1.82) is 0 Å². The summed E-state index contributed by atoms with van der Waals surface area (Å²) in [7, 11) is 1.38. The van der Waals surface area contributed by atoms with Crippen molar-refractivity contribution in [1.82, 2.24) is 19.5 Å². The molecule has 0 saturated heterocycles. The topological polar surface area (TPSA) is 108 Å². The van der Waals surface area contributed by atoms with Gasteiger partial charge in [0.2, 0.25) is 0 Å². The van der Waals surface area contributed by atoms with E-state index in [1.54, 1.807) is 6.20 Å². The lowest BCUT2D eigenvalue weighted by atomic mass is 10.5. The summed E-state index contributed by atoms with van der Waals surface area (Å²) in [4.78, 5) is 7.78. The van der Waals surface area contributed by atoms with Gasteiger partial charge in [0.15, 0.2) is 0 Å². The molecule has 0 radical (unpaired) electrons. The van der Waals surface area contributed by atoms with Crippen LogP contribution in [-0.2, 0) is 17.8 Å². The van der Waals surface area contributed by atoms with E-state index in [9.17, 15) is 17.5 Å². The van der Waals surface area contributed by atoms with Gasteiger partial charge in [-0.2, -0.15) is 8.78 Å². The Bertz CT molecular complexity index is 778. The standard InChI is InChI=1S/C8H8F2N4O3S2.C4H7N.C4H8.3C2H6/c1-14(19(15)16)3-5-11-2-4(18-5)7-12-13-8(17-7)6(9)10;1-3-4-5-2;1-3-4-2;3*1-2/h2,6H,3H2,1H3,(H,15,16);3-4H,2H2,1H3;3-4H,1-2H3;3*1-2H3/p-1/b;2*4-3-;;;. The van der Waals surface area contributed by atoms with Crippen LogP contribution in [-0.4, -0.2) is 42.0 Å². The molecular weight excluding hydrogens is 484 g/mol. The molecule has 1 atom stereocenters. The number of hydrogen-bond acceptors (Lipinski definition) is 8. The Morgan fingerprint density at radius 3 is 2.00 bits per heavy atom. The molecule has 2 heterocycles. The summed E-state index contributed by atoms with van der Waals surface area (Å²) in [6.07, 6.45) is 6.00. The molecule has 1 unspecified atom stereocenters. The van der Waals surface area contributed by atoms with Crippen LogP contribution in [0.3, 0.4) is 0 Å². The molecule has 0 aromatic carbocycles. The first kappa shape index (κ1) is 39.1. The first-order valence-corrected chi connectivity index (χ1v) is 12.7. The molecule has 0 aliphatic carbocycles. The first-order valence-electron chi connectivity index (χ1n) is 10.8. The quantitative estimate of drug-likeness (QED) is 0.224. The molecule has 0 N–H and O–H groups in total. The van der Waals surface area contributed by atoms with Crippen LogP contribution < -0.4 is 0 Å². The highest BCUT2D eigenvalue weighted by Gasteiger charge is 2.18. The average Bonchev–Trinajstić information content (AvgIpc) is 3.54. The minimum Gasteiger partial charge on any atom is -0.760 e. The van der Waals surface area contributed by atoms with E-state index >= 15 is 0 Å². The minimum absolute atomic E-state index is 0.0649. The third-order valence-electron chi connectivity index (χ3n) is 2.59. The smallest absolute Gasteiger partial charge is 0.314 e. The number of halogens is 2. The van der Waals surface area contributed by atoms with Gasteiger partial charge >= 0.3 is 6.43 Å². The van der Waals surface area contributed by atoms with E-state index in [1.807, 2.05) is 80.5 Å². The van der Waals surface area contributed by atoms with Crippen molar-refractivity contribution in [2.75, 3.05) is 7.05 Å². The molecule has 0 aliphatic heterocycles. The predicted octanol–water partition coefficient (Wildman–Crippen LogP) is 7.24. The molecule has 0 amide bonds. The third kappa shape index (κ3) is 20.5. The van der Waals surface area contributed by atoms with Crippen LogP contribution in [0, 0.1) is 0 Å². The fourth-order valence-corrected chi connectivity index (χ4v) is 2.46. The zero-order chi connectivity index (χ0) is 27.5. The van der Waals surface area contributed by atoms with Gasteiger partial charge in [0.25, 0.3) is 11.8 Å². The summed E-state index contributed by atoms with van der Waals surface area (Å²) in [5, 5.41) is 7.15. The predicted molar refractivity (Wildman–Crippen MR) is 140 cm³/mol. The molecule has 2 aromatic heterocycles. The van der Waals surface area contributed by atoms with Gasteiger partial charge in [-0.3, -0.25) is 9.20 Å². The number of nitrogens with zero attached hydrogens (tertiary/aromatic N) is 5. The van der Waals surface area contributed by atoms with E-state index in [4.69, 9.17) is 4.42 Å². The molecule has 0 aliphatic rings. The molecule has 2 rings (SSSR count). The molecule has 8 nitrogen and oxygen atoms in total. The molecule has 0 fully saturated rings. The van der Waals surface area contributed by atoms with E-state index in [2.05, 4.69) is 26.9 Å². The lowest BCUT2D eigenvalue weighted by molar-refractivity contribution is 0.116. The van der Waals surface area contributed by atoms with Crippen molar-refractivity contribution in [2.24, 2.45) is 4.99 Å². The number of alkyl halides is 2. The summed E-state index contributed by atoms with van der Waals surface area (Å²) >= 11 is -1.26. The number of allylic oxidation sites excluding steroid dienone is 3. The van der Waals surface area contributed by atoms with Gasteiger partial charge < -0.3 is 8.97 Å². The summed E-state index contributed by atoms with van der Waals surface area (Å²) in [5.41, 5.74) is 0. The molecule has 0 bridgehead atoms. The highest BCUT2D eigenvalue weighted by Crippen LogP contribution is 2.28. The van der Waals surface area contributed by atoms with E-state index in [0.717, 1.165) is 15.6 Å². The molecular formula is C22H40F2N5O3S2-. The molecule has 12 heteroatoms. The lowest BCUT2D eigenvalue weighted by Gasteiger charge is -2.16. The van der Waals surface area contributed by atoms with Crippen molar-refractivity contribution in [3.8, 4) is 10.8 Å². The van der Waals surface area contributed by atoms with Crippen molar-refractivity contribution in [3.05, 3.63) is 41.5 Å². The number of aliphatic imine (C=N–C) groups is 1. The van der Waals surface area contributed by atoms with Crippen LogP contribution in [0.4, 0.5) is 8.78 Å². The Morgan fingerprint density at radius 2 is 1.68 bits per heavy atom. The molecule has 2 aromatic rings. The second kappa shape index (κ2) is 28.9. The van der Waals surface area contributed by atoms with Crippen LogP contribution in [0.15, 0.2) is 40.0 Å². The Kier molecular flexibility index (Phi) is 33.2. The molecule has 34 heavy (non-hydrogen) atoms. The van der Waals surface area contributed by atoms with Crippen molar-refractivity contribution in [3.63, 3.8) is 0 Å². The fraction of sp³-hybridized carbons (Fsp3) is 0.545. The Morgan fingerprint density at radius 1 is 1.15 bits per heavy atom. The van der Waals surface area contributed by atoms with Gasteiger partial charge in [-0.25, -0.2) is 9.29 Å². The summed E-state index contributed by atoms with van der Waals surface area (Å²) < 4.78 is 51.6. The second-order valence-corrected chi connectivity index (χ2v) is 6.87. The van der Waals surface area contributed by atoms with E-state index < -0.39 is 23.6 Å². The summed E-state index contributed by atoms with van der Waals surface area (Å²) in [6, 6.07) is 0. The zero-order valence-electron chi connectivity index (χ0n) is 21.9. The van der Waals surface area contributed by atoms with Crippen molar-refractivity contribution in [2.45, 2.75) is 75.3 Å². The summed E-state index contributed by atoms with van der Waals surface area (Å²) in [6.45, 7) is 21.2. The highest BCUT2D eigenvalue weighted by molar-refractivity contribution is 7.76. The maximum atomic E-state index is 12.3. The Hall–Kier alpha value is -2.15. The first-order chi connectivity index (χ1) is 16.3.